The van der Waals surface area contributed by atoms with Gasteiger partial charge in [0.25, 0.3) is 0 Å². The third-order valence-electron chi connectivity index (χ3n) is 2.97. The van der Waals surface area contributed by atoms with Crippen molar-refractivity contribution in [3.05, 3.63) is 30.1 Å². The molecule has 1 amide bonds. The van der Waals surface area contributed by atoms with E-state index in [1.807, 2.05) is 6.07 Å². The third-order valence-corrected chi connectivity index (χ3v) is 2.97. The number of amides is 1. The van der Waals surface area contributed by atoms with Crippen molar-refractivity contribution < 1.29 is 19.4 Å². The van der Waals surface area contributed by atoms with E-state index in [-0.39, 0.29) is 18.7 Å². The van der Waals surface area contributed by atoms with Gasteiger partial charge in [0, 0.05) is 25.5 Å². The summed E-state index contributed by atoms with van der Waals surface area (Å²) in [7, 11) is 0. The molecule has 0 radical (unpaired) electrons. The monoisotopic (exact) mass is 264 g/mol. The highest BCUT2D eigenvalue weighted by Gasteiger charge is 2.25. The van der Waals surface area contributed by atoms with Crippen molar-refractivity contribution in [2.45, 2.75) is 18.9 Å². The Morgan fingerprint density at radius 3 is 3.05 bits per heavy atom. The Kier molecular flexibility index (Phi) is 4.46. The van der Waals surface area contributed by atoms with Crippen LogP contribution >= 0.6 is 0 Å². The molecule has 2 rings (SSSR count). The van der Waals surface area contributed by atoms with Crippen molar-refractivity contribution >= 4 is 11.9 Å². The predicted octanol–water partition coefficient (Wildman–Crippen LogP) is 0.326. The Labute approximate surface area is 111 Å². The van der Waals surface area contributed by atoms with Gasteiger partial charge in [-0.15, -0.1) is 0 Å². The highest BCUT2D eigenvalue weighted by atomic mass is 16.5. The molecule has 1 fully saturated rings. The second kappa shape index (κ2) is 6.29. The van der Waals surface area contributed by atoms with Crippen molar-refractivity contribution in [3.8, 4) is 0 Å². The maximum atomic E-state index is 12.1. The maximum absolute atomic E-state index is 12.1. The molecule has 2 heterocycles. The quantitative estimate of drug-likeness (QED) is 0.847. The van der Waals surface area contributed by atoms with Gasteiger partial charge in [-0.25, -0.2) is 0 Å². The largest absolute Gasteiger partial charge is 0.481 e. The van der Waals surface area contributed by atoms with Crippen LogP contribution in [-0.4, -0.2) is 52.7 Å². The van der Waals surface area contributed by atoms with E-state index in [1.165, 1.54) is 0 Å². The molecule has 1 aromatic heterocycles. The molecule has 1 aliphatic heterocycles. The SMILES string of the molecule is O=C(O)CC1CN(C(=O)Cc2cccnc2)CCO1. The van der Waals surface area contributed by atoms with Gasteiger partial charge in [0.05, 0.1) is 25.6 Å². The van der Waals surface area contributed by atoms with Crippen LogP contribution in [0.3, 0.4) is 0 Å². The van der Waals surface area contributed by atoms with E-state index in [1.54, 1.807) is 23.4 Å². The van der Waals surface area contributed by atoms with Crippen LogP contribution in [-0.2, 0) is 20.7 Å². The second-order valence-electron chi connectivity index (χ2n) is 4.47. The fourth-order valence-corrected chi connectivity index (χ4v) is 2.05. The predicted molar refractivity (Wildman–Crippen MR) is 66.5 cm³/mol. The molecular weight excluding hydrogens is 248 g/mol. The number of carbonyl (C=O) groups is 2. The molecule has 6 heteroatoms. The number of carbonyl (C=O) groups excluding carboxylic acids is 1. The van der Waals surface area contributed by atoms with Crippen LogP contribution in [0.25, 0.3) is 0 Å². The summed E-state index contributed by atoms with van der Waals surface area (Å²) in [4.78, 5) is 28.4. The third kappa shape index (κ3) is 4.03. The number of morpholine rings is 1. The Hall–Kier alpha value is -1.95. The van der Waals surface area contributed by atoms with Crippen LogP contribution in [0.5, 0.6) is 0 Å². The summed E-state index contributed by atoms with van der Waals surface area (Å²) >= 11 is 0. The fraction of sp³-hybridized carbons (Fsp3) is 0.462. The summed E-state index contributed by atoms with van der Waals surface area (Å²) in [5.74, 6) is -0.932. The van der Waals surface area contributed by atoms with Crippen LogP contribution in [0.2, 0.25) is 0 Å². The zero-order chi connectivity index (χ0) is 13.7. The molecule has 0 saturated carbocycles. The Balaban J connectivity index is 1.90. The summed E-state index contributed by atoms with van der Waals surface area (Å²) in [5, 5.41) is 8.73. The average Bonchev–Trinajstić information content (AvgIpc) is 2.39. The number of rotatable bonds is 4. The molecular formula is C13H16N2O4. The first-order chi connectivity index (χ1) is 9.15. The number of nitrogens with zero attached hydrogens (tertiary/aromatic N) is 2. The van der Waals surface area contributed by atoms with Gasteiger partial charge in [-0.05, 0) is 11.6 Å². The molecule has 1 N–H and O–H groups in total. The van der Waals surface area contributed by atoms with Gasteiger partial charge in [-0.3, -0.25) is 14.6 Å². The van der Waals surface area contributed by atoms with Crippen LogP contribution in [0, 0.1) is 0 Å². The number of pyridine rings is 1. The highest BCUT2D eigenvalue weighted by Crippen LogP contribution is 2.11. The Bertz CT molecular complexity index is 449. The first kappa shape index (κ1) is 13.5. The van der Waals surface area contributed by atoms with Gasteiger partial charge >= 0.3 is 5.97 Å². The first-order valence-corrected chi connectivity index (χ1v) is 6.15. The lowest BCUT2D eigenvalue weighted by Crippen LogP contribution is -2.46. The molecule has 1 saturated heterocycles. The molecule has 1 atom stereocenters. The van der Waals surface area contributed by atoms with Gasteiger partial charge in [-0.2, -0.15) is 0 Å². The van der Waals surface area contributed by atoms with Crippen LogP contribution < -0.4 is 0 Å². The summed E-state index contributed by atoms with van der Waals surface area (Å²) in [6.45, 7) is 1.23. The van der Waals surface area contributed by atoms with Crippen molar-refractivity contribution in [3.63, 3.8) is 0 Å². The lowest BCUT2D eigenvalue weighted by Gasteiger charge is -2.32. The van der Waals surface area contributed by atoms with E-state index in [9.17, 15) is 9.59 Å². The van der Waals surface area contributed by atoms with Crippen LogP contribution in [0.1, 0.15) is 12.0 Å². The second-order valence-corrected chi connectivity index (χ2v) is 4.47. The Morgan fingerprint density at radius 2 is 2.37 bits per heavy atom. The molecule has 6 nitrogen and oxygen atoms in total. The number of ether oxygens (including phenoxy) is 1. The van der Waals surface area contributed by atoms with Gasteiger partial charge in [0.2, 0.25) is 5.91 Å². The average molecular weight is 264 g/mol. The molecule has 0 spiro atoms. The summed E-state index contributed by atoms with van der Waals surface area (Å²) in [6.07, 6.45) is 3.12. The lowest BCUT2D eigenvalue weighted by molar-refractivity contribution is -0.147. The molecule has 0 bridgehead atoms. The van der Waals surface area contributed by atoms with E-state index < -0.39 is 12.1 Å². The number of aromatic nitrogens is 1. The minimum Gasteiger partial charge on any atom is -0.481 e. The zero-order valence-corrected chi connectivity index (χ0v) is 10.5. The van der Waals surface area contributed by atoms with Crippen molar-refractivity contribution in [2.24, 2.45) is 0 Å². The first-order valence-electron chi connectivity index (χ1n) is 6.15. The Morgan fingerprint density at radius 1 is 1.53 bits per heavy atom. The maximum Gasteiger partial charge on any atom is 0.306 e. The van der Waals surface area contributed by atoms with E-state index in [0.717, 1.165) is 5.56 Å². The highest BCUT2D eigenvalue weighted by molar-refractivity contribution is 5.79. The van der Waals surface area contributed by atoms with E-state index in [0.29, 0.717) is 19.7 Å². The number of hydrogen-bond donors (Lipinski definition) is 1. The van der Waals surface area contributed by atoms with Crippen LogP contribution in [0.15, 0.2) is 24.5 Å². The number of aliphatic carboxylic acids is 1. The van der Waals surface area contributed by atoms with Crippen LogP contribution in [0.4, 0.5) is 0 Å². The van der Waals surface area contributed by atoms with Crippen molar-refractivity contribution in [1.82, 2.24) is 9.88 Å². The van der Waals surface area contributed by atoms with E-state index in [4.69, 9.17) is 9.84 Å². The lowest BCUT2D eigenvalue weighted by atomic mass is 10.1. The molecule has 1 aliphatic rings. The van der Waals surface area contributed by atoms with Gasteiger partial charge < -0.3 is 14.7 Å². The summed E-state index contributed by atoms with van der Waals surface area (Å²) < 4.78 is 5.33. The molecule has 1 aromatic rings. The van der Waals surface area contributed by atoms with E-state index in [2.05, 4.69) is 4.98 Å². The van der Waals surface area contributed by atoms with Crippen molar-refractivity contribution in [1.29, 1.82) is 0 Å². The number of carboxylic acids is 1. The minimum atomic E-state index is -0.911. The zero-order valence-electron chi connectivity index (χ0n) is 10.5. The summed E-state index contributed by atoms with van der Waals surface area (Å²) in [6, 6.07) is 3.63. The molecule has 0 aliphatic carbocycles. The molecule has 1 unspecified atom stereocenters. The molecule has 0 aromatic carbocycles. The topological polar surface area (TPSA) is 79.7 Å². The smallest absolute Gasteiger partial charge is 0.306 e. The standard InChI is InChI=1S/C13H16N2O4/c16-12(6-10-2-1-3-14-8-10)15-4-5-19-11(9-15)7-13(17)18/h1-3,8,11H,4-7,9H2,(H,17,18). The number of hydrogen-bond acceptors (Lipinski definition) is 4. The molecule has 102 valence electrons. The minimum absolute atomic E-state index is 0.0216. The normalized spacial score (nSPS) is 19.2. The molecule has 19 heavy (non-hydrogen) atoms. The van der Waals surface area contributed by atoms with E-state index >= 15 is 0 Å². The fourth-order valence-electron chi connectivity index (χ4n) is 2.05. The number of carboxylic acid groups (broad SMARTS) is 1. The van der Waals surface area contributed by atoms with Gasteiger partial charge in [-0.1, -0.05) is 6.07 Å². The summed E-state index contributed by atoms with van der Waals surface area (Å²) in [5.41, 5.74) is 0.855. The van der Waals surface area contributed by atoms with Gasteiger partial charge in [0.15, 0.2) is 0 Å². The van der Waals surface area contributed by atoms with Gasteiger partial charge in [0.1, 0.15) is 0 Å². The van der Waals surface area contributed by atoms with Crippen molar-refractivity contribution in [2.75, 3.05) is 19.7 Å².